The Labute approximate surface area is 198 Å². The maximum absolute atomic E-state index is 15.5. The van der Waals surface area contributed by atoms with Crippen LogP contribution >= 0.6 is 0 Å². The molecule has 0 N–H and O–H groups in total. The lowest BCUT2D eigenvalue weighted by molar-refractivity contribution is 0.0332. The molecule has 4 heterocycles. The topological polar surface area (TPSA) is 142 Å². The molecule has 0 bridgehead atoms. The average Bonchev–Trinajstić information content (AvgIpc) is 3.54. The molecule has 0 saturated carbocycles. The lowest BCUT2D eigenvalue weighted by Crippen LogP contribution is -2.27. The van der Waals surface area contributed by atoms with Crippen LogP contribution in [-0.2, 0) is 26.8 Å². The minimum Gasteiger partial charge on any atom is -0.352 e. The van der Waals surface area contributed by atoms with Crippen molar-refractivity contribution in [2.45, 2.75) is 31.9 Å². The molecule has 1 saturated heterocycles. The van der Waals surface area contributed by atoms with Crippen molar-refractivity contribution in [3.05, 3.63) is 53.1 Å². The fourth-order valence-electron chi connectivity index (χ4n) is 3.87. The number of nitrogens with zero attached hydrogens (tertiary/aromatic N) is 8. The van der Waals surface area contributed by atoms with Crippen molar-refractivity contribution in [1.82, 2.24) is 35.3 Å². The minimum absolute atomic E-state index is 0.0401. The number of fused-ring (bicyclic) bond motifs is 1. The van der Waals surface area contributed by atoms with E-state index >= 15 is 8.78 Å². The highest BCUT2D eigenvalue weighted by atomic mass is 32.2. The molecule has 1 aliphatic heterocycles. The molecule has 1 atom stereocenters. The SMILES string of the molecule is Cc1nonc1Cn1nnc2c(N3CCC(OS(C)(=O)=O)C3)nc(C(F)(F)c3ccccc3)nc21. The van der Waals surface area contributed by atoms with E-state index in [1.807, 2.05) is 0 Å². The van der Waals surface area contributed by atoms with Crippen molar-refractivity contribution in [3.8, 4) is 0 Å². The molecule has 0 radical (unpaired) electrons. The van der Waals surface area contributed by atoms with Gasteiger partial charge >= 0.3 is 5.92 Å². The van der Waals surface area contributed by atoms with Gasteiger partial charge in [0.25, 0.3) is 10.1 Å². The Morgan fingerprint density at radius 3 is 2.66 bits per heavy atom. The molecule has 0 spiro atoms. The minimum atomic E-state index is -3.69. The number of halogens is 2. The summed E-state index contributed by atoms with van der Waals surface area (Å²) in [5, 5.41) is 15.7. The van der Waals surface area contributed by atoms with Crippen molar-refractivity contribution >= 4 is 27.1 Å². The van der Waals surface area contributed by atoms with Gasteiger partial charge in [0.05, 0.1) is 18.9 Å². The summed E-state index contributed by atoms with van der Waals surface area (Å²) in [6.45, 7) is 2.17. The van der Waals surface area contributed by atoms with Gasteiger partial charge in [-0.2, -0.15) is 17.2 Å². The third kappa shape index (κ3) is 4.55. The molecule has 12 nitrogen and oxygen atoms in total. The third-order valence-electron chi connectivity index (χ3n) is 5.56. The van der Waals surface area contributed by atoms with Gasteiger partial charge in [0.2, 0.25) is 5.82 Å². The summed E-state index contributed by atoms with van der Waals surface area (Å²) >= 11 is 0. The van der Waals surface area contributed by atoms with Gasteiger partial charge < -0.3 is 4.90 Å². The van der Waals surface area contributed by atoms with Gasteiger partial charge in [-0.25, -0.2) is 19.3 Å². The van der Waals surface area contributed by atoms with E-state index in [1.165, 1.54) is 28.9 Å². The molecule has 1 unspecified atom stereocenters. The lowest BCUT2D eigenvalue weighted by atomic mass is 10.1. The summed E-state index contributed by atoms with van der Waals surface area (Å²) in [5.74, 6) is -4.15. The summed E-state index contributed by atoms with van der Waals surface area (Å²) in [7, 11) is -3.69. The quantitative estimate of drug-likeness (QED) is 0.338. The van der Waals surface area contributed by atoms with Crippen LogP contribution in [0.5, 0.6) is 0 Å². The van der Waals surface area contributed by atoms with E-state index in [0.717, 1.165) is 6.26 Å². The first-order valence-electron chi connectivity index (χ1n) is 10.6. The summed E-state index contributed by atoms with van der Waals surface area (Å²) < 4.78 is 65.3. The fraction of sp³-hybridized carbons (Fsp3) is 0.400. The van der Waals surface area contributed by atoms with E-state index < -0.39 is 28.0 Å². The van der Waals surface area contributed by atoms with E-state index in [4.69, 9.17) is 8.81 Å². The predicted molar refractivity (Wildman–Crippen MR) is 117 cm³/mol. The fourth-order valence-corrected chi connectivity index (χ4v) is 4.52. The van der Waals surface area contributed by atoms with Gasteiger partial charge in [0, 0.05) is 18.7 Å². The molecular weight excluding hydrogens is 486 g/mol. The Balaban J connectivity index is 1.61. The summed E-state index contributed by atoms with van der Waals surface area (Å²) in [6.07, 6.45) is 0.677. The average molecular weight is 506 g/mol. The molecule has 5 rings (SSSR count). The second-order valence-electron chi connectivity index (χ2n) is 8.18. The molecule has 1 aliphatic rings. The Morgan fingerprint density at radius 1 is 1.20 bits per heavy atom. The largest absolute Gasteiger partial charge is 0.352 e. The van der Waals surface area contributed by atoms with Crippen molar-refractivity contribution in [3.63, 3.8) is 0 Å². The smallest absolute Gasteiger partial charge is 0.331 e. The van der Waals surface area contributed by atoms with Crippen molar-refractivity contribution in [2.75, 3.05) is 24.2 Å². The van der Waals surface area contributed by atoms with Gasteiger partial charge in [0.15, 0.2) is 17.0 Å². The van der Waals surface area contributed by atoms with Crippen LogP contribution in [0.2, 0.25) is 0 Å². The van der Waals surface area contributed by atoms with E-state index in [1.54, 1.807) is 17.9 Å². The van der Waals surface area contributed by atoms with E-state index in [-0.39, 0.29) is 35.6 Å². The zero-order valence-electron chi connectivity index (χ0n) is 18.7. The van der Waals surface area contributed by atoms with Crippen LogP contribution in [0.4, 0.5) is 14.6 Å². The van der Waals surface area contributed by atoms with Crippen LogP contribution in [0, 0.1) is 6.92 Å². The van der Waals surface area contributed by atoms with E-state index in [2.05, 4.69) is 30.6 Å². The molecule has 1 aromatic carbocycles. The third-order valence-corrected chi connectivity index (χ3v) is 6.18. The van der Waals surface area contributed by atoms with Crippen molar-refractivity contribution < 1.29 is 26.0 Å². The van der Waals surface area contributed by atoms with Crippen LogP contribution < -0.4 is 4.90 Å². The summed E-state index contributed by atoms with van der Waals surface area (Å²) in [6, 6.07) is 7.22. The standard InChI is InChI=1S/C20H20F2N8O4S/c1-12-15(27-34-26-12)11-30-18-16(25-28-30)17(29-9-8-14(10-29)33-35(2,31)32)23-19(24-18)20(21,22)13-6-4-3-5-7-13/h3-7,14H,8-11H2,1-2H3. The number of hydrogen-bond donors (Lipinski definition) is 0. The van der Waals surface area contributed by atoms with Crippen LogP contribution in [-0.4, -0.2) is 69.1 Å². The number of alkyl halides is 2. The van der Waals surface area contributed by atoms with E-state index in [9.17, 15) is 8.42 Å². The van der Waals surface area contributed by atoms with Crippen LogP contribution in [0.1, 0.15) is 29.2 Å². The van der Waals surface area contributed by atoms with Crippen molar-refractivity contribution in [1.29, 1.82) is 0 Å². The summed E-state index contributed by atoms with van der Waals surface area (Å²) in [4.78, 5) is 9.98. The number of anilines is 1. The lowest BCUT2D eigenvalue weighted by Gasteiger charge is -2.21. The molecule has 1 fully saturated rings. The second-order valence-corrected chi connectivity index (χ2v) is 9.78. The first kappa shape index (κ1) is 23.2. The molecule has 184 valence electrons. The number of benzene rings is 1. The molecule has 4 aromatic rings. The Kier molecular flexibility index (Phi) is 5.67. The number of hydrogen-bond acceptors (Lipinski definition) is 11. The van der Waals surface area contributed by atoms with Gasteiger partial charge in [-0.15, -0.1) is 5.10 Å². The number of aromatic nitrogens is 7. The monoisotopic (exact) mass is 506 g/mol. The highest BCUT2D eigenvalue weighted by Crippen LogP contribution is 2.36. The molecule has 3 aromatic heterocycles. The Morgan fingerprint density at radius 2 is 1.97 bits per heavy atom. The molecular formula is C20H20F2N8O4S. The number of rotatable bonds is 7. The van der Waals surface area contributed by atoms with Crippen LogP contribution in [0.25, 0.3) is 11.2 Å². The predicted octanol–water partition coefficient (Wildman–Crippen LogP) is 1.66. The Hall–Kier alpha value is -3.59. The highest BCUT2D eigenvalue weighted by molar-refractivity contribution is 7.86. The maximum Gasteiger partial charge on any atom is 0.331 e. The molecule has 15 heteroatoms. The normalized spacial score (nSPS) is 16.9. The van der Waals surface area contributed by atoms with Crippen molar-refractivity contribution in [2.24, 2.45) is 0 Å². The number of aryl methyl sites for hydroxylation is 1. The zero-order valence-corrected chi connectivity index (χ0v) is 19.5. The zero-order chi connectivity index (χ0) is 24.8. The first-order valence-corrected chi connectivity index (χ1v) is 12.4. The molecule has 35 heavy (non-hydrogen) atoms. The molecule has 0 amide bonds. The van der Waals surface area contributed by atoms with Crippen LogP contribution in [0.3, 0.4) is 0 Å². The van der Waals surface area contributed by atoms with Gasteiger partial charge in [-0.3, -0.25) is 4.18 Å². The second kappa shape index (κ2) is 8.57. The molecule has 0 aliphatic carbocycles. The summed E-state index contributed by atoms with van der Waals surface area (Å²) in [5.41, 5.74) is 0.928. The maximum atomic E-state index is 15.5. The Bertz CT molecular complexity index is 1480. The van der Waals surface area contributed by atoms with Gasteiger partial charge in [0.1, 0.15) is 11.4 Å². The van der Waals surface area contributed by atoms with Crippen LogP contribution in [0.15, 0.2) is 35.0 Å². The first-order chi connectivity index (χ1) is 16.6. The van der Waals surface area contributed by atoms with E-state index in [0.29, 0.717) is 24.4 Å². The highest BCUT2D eigenvalue weighted by Gasteiger charge is 2.40. The van der Waals surface area contributed by atoms with Gasteiger partial charge in [-0.05, 0) is 13.3 Å². The van der Waals surface area contributed by atoms with Gasteiger partial charge in [-0.1, -0.05) is 45.9 Å².